The number of para-hydroxylation sites is 1. The van der Waals surface area contributed by atoms with Gasteiger partial charge in [0.15, 0.2) is 11.0 Å². The molecule has 0 radical (unpaired) electrons. The van der Waals surface area contributed by atoms with Crippen LogP contribution in [-0.2, 0) is 16.9 Å². The third-order valence-corrected chi connectivity index (χ3v) is 7.35. The molecule has 0 saturated heterocycles. The molecule has 2 amide bonds. The molecule has 1 atom stereocenters. The Morgan fingerprint density at radius 1 is 0.886 bits per heavy atom. The van der Waals surface area contributed by atoms with Crippen molar-refractivity contribution in [2.24, 2.45) is 0 Å². The van der Waals surface area contributed by atoms with Gasteiger partial charge in [0.1, 0.15) is 5.58 Å². The molecule has 0 saturated carbocycles. The molecule has 2 aliphatic rings. The zero-order valence-corrected chi connectivity index (χ0v) is 19.8. The van der Waals surface area contributed by atoms with Gasteiger partial charge in [-0.05, 0) is 55.7 Å². The Hall–Kier alpha value is -4.19. The van der Waals surface area contributed by atoms with Crippen LogP contribution in [0.4, 0.5) is 5.69 Å². The second kappa shape index (κ2) is 7.40. The maximum absolute atomic E-state index is 14.3. The molecule has 35 heavy (non-hydrogen) atoms. The molecule has 0 bridgehead atoms. The third kappa shape index (κ3) is 2.68. The molecule has 2 aliphatic heterocycles. The van der Waals surface area contributed by atoms with Gasteiger partial charge in [-0.15, -0.1) is 0 Å². The summed E-state index contributed by atoms with van der Waals surface area (Å²) in [5, 5.41) is 0.376. The molecular formula is C29H24N2O4. The van der Waals surface area contributed by atoms with E-state index in [2.05, 4.69) is 0 Å². The van der Waals surface area contributed by atoms with Crippen molar-refractivity contribution in [3.05, 3.63) is 111 Å². The number of hydrogen-bond donors (Lipinski definition) is 0. The quantitative estimate of drug-likeness (QED) is 0.442. The van der Waals surface area contributed by atoms with E-state index in [4.69, 9.17) is 4.42 Å². The van der Waals surface area contributed by atoms with E-state index in [1.54, 1.807) is 17.0 Å². The van der Waals surface area contributed by atoms with Gasteiger partial charge in [-0.3, -0.25) is 14.4 Å². The molecule has 3 aromatic carbocycles. The average molecular weight is 465 g/mol. The molecule has 1 unspecified atom stereocenters. The Morgan fingerprint density at radius 2 is 1.57 bits per heavy atom. The van der Waals surface area contributed by atoms with Crippen molar-refractivity contribution >= 4 is 28.5 Å². The van der Waals surface area contributed by atoms with Gasteiger partial charge in [-0.1, -0.05) is 48.5 Å². The monoisotopic (exact) mass is 464 g/mol. The van der Waals surface area contributed by atoms with Crippen LogP contribution in [0.3, 0.4) is 0 Å². The predicted molar refractivity (Wildman–Crippen MR) is 134 cm³/mol. The maximum Gasteiger partial charge on any atom is 0.291 e. The number of rotatable bonds is 3. The van der Waals surface area contributed by atoms with Crippen LogP contribution in [0.25, 0.3) is 11.0 Å². The average Bonchev–Trinajstić information content (AvgIpc) is 3.25. The summed E-state index contributed by atoms with van der Waals surface area (Å²) in [6, 6.07) is 20.5. The van der Waals surface area contributed by atoms with Crippen molar-refractivity contribution in [3.63, 3.8) is 0 Å². The Kier molecular flexibility index (Phi) is 4.52. The molecule has 6 rings (SSSR count). The zero-order valence-electron chi connectivity index (χ0n) is 19.8. The minimum atomic E-state index is -1.58. The van der Waals surface area contributed by atoms with Crippen molar-refractivity contribution in [1.29, 1.82) is 0 Å². The van der Waals surface area contributed by atoms with Crippen molar-refractivity contribution in [1.82, 2.24) is 4.90 Å². The molecule has 6 heteroatoms. The molecule has 1 aromatic heterocycles. The van der Waals surface area contributed by atoms with Crippen LogP contribution in [-0.4, -0.2) is 23.3 Å². The lowest BCUT2D eigenvalue weighted by Gasteiger charge is -2.34. The minimum Gasteiger partial charge on any atom is -0.450 e. The van der Waals surface area contributed by atoms with Crippen LogP contribution in [0.15, 0.2) is 75.9 Å². The molecule has 4 aromatic rings. The minimum absolute atomic E-state index is 0.0530. The van der Waals surface area contributed by atoms with Gasteiger partial charge in [-0.2, -0.15) is 0 Å². The van der Waals surface area contributed by atoms with Crippen LogP contribution in [0.5, 0.6) is 0 Å². The fourth-order valence-corrected chi connectivity index (χ4v) is 5.55. The summed E-state index contributed by atoms with van der Waals surface area (Å²) < 4.78 is 6.16. The summed E-state index contributed by atoms with van der Waals surface area (Å²) in [6.45, 7) is 6.33. The standard InChI is InChI=1S/C29H24N2O4/c1-4-30-22-13-9-8-12-21(22)29(28(30)34)24-25(32)20-14-17(2)18(3)15-23(20)35-26(24)27(33)31(29)16-19-10-6-5-7-11-19/h5-15H,4,16H2,1-3H3. The molecular weight excluding hydrogens is 440 g/mol. The number of likely N-dealkylation sites (N-methyl/N-ethyl adjacent to an activating group) is 1. The number of carbonyl (C=O) groups excluding carboxylic acids is 2. The fourth-order valence-electron chi connectivity index (χ4n) is 5.55. The van der Waals surface area contributed by atoms with Crippen LogP contribution in [0.2, 0.25) is 0 Å². The molecule has 6 nitrogen and oxygen atoms in total. The number of amides is 2. The number of fused-ring (bicyclic) bond motifs is 5. The lowest BCUT2D eigenvalue weighted by molar-refractivity contribution is -0.126. The van der Waals surface area contributed by atoms with E-state index in [9.17, 15) is 14.4 Å². The lowest BCUT2D eigenvalue weighted by Crippen LogP contribution is -2.53. The second-order valence-electron chi connectivity index (χ2n) is 9.22. The SMILES string of the molecule is CCN1C(=O)C2(c3ccccc31)c1c(oc3cc(C)c(C)cc3c1=O)C(=O)N2Cc1ccccc1. The first-order valence-electron chi connectivity index (χ1n) is 11.8. The number of aryl methyl sites for hydroxylation is 2. The number of anilines is 1. The fraction of sp³-hybridized carbons (Fsp3) is 0.207. The second-order valence-corrected chi connectivity index (χ2v) is 9.22. The summed E-state index contributed by atoms with van der Waals surface area (Å²) in [5.74, 6) is -0.815. The maximum atomic E-state index is 14.3. The highest BCUT2D eigenvalue weighted by Gasteiger charge is 2.64. The van der Waals surface area contributed by atoms with Crippen LogP contribution < -0.4 is 10.3 Å². The summed E-state index contributed by atoms with van der Waals surface area (Å²) in [7, 11) is 0. The van der Waals surface area contributed by atoms with Gasteiger partial charge >= 0.3 is 0 Å². The topological polar surface area (TPSA) is 70.8 Å². The van der Waals surface area contributed by atoms with Gasteiger partial charge in [0.05, 0.1) is 16.6 Å². The summed E-state index contributed by atoms with van der Waals surface area (Å²) >= 11 is 0. The molecule has 174 valence electrons. The summed E-state index contributed by atoms with van der Waals surface area (Å²) in [6.07, 6.45) is 0. The first kappa shape index (κ1) is 21.4. The van der Waals surface area contributed by atoms with Crippen molar-refractivity contribution < 1.29 is 14.0 Å². The Bertz CT molecular complexity index is 1600. The van der Waals surface area contributed by atoms with E-state index < -0.39 is 11.4 Å². The van der Waals surface area contributed by atoms with Gasteiger partial charge < -0.3 is 14.2 Å². The number of nitrogens with zero attached hydrogens (tertiary/aromatic N) is 2. The van der Waals surface area contributed by atoms with Crippen LogP contribution in [0.1, 0.15) is 45.3 Å². The van der Waals surface area contributed by atoms with E-state index >= 15 is 0 Å². The Labute approximate surface area is 202 Å². The first-order valence-corrected chi connectivity index (χ1v) is 11.8. The molecule has 0 aliphatic carbocycles. The number of hydrogen-bond acceptors (Lipinski definition) is 4. The number of carbonyl (C=O) groups is 2. The van der Waals surface area contributed by atoms with E-state index in [-0.39, 0.29) is 29.2 Å². The van der Waals surface area contributed by atoms with Gasteiger partial charge in [0.25, 0.3) is 11.8 Å². The first-order chi connectivity index (χ1) is 16.9. The van der Waals surface area contributed by atoms with Gasteiger partial charge in [-0.25, -0.2) is 0 Å². The van der Waals surface area contributed by atoms with Gasteiger partial charge in [0.2, 0.25) is 5.76 Å². The van der Waals surface area contributed by atoms with Crippen LogP contribution >= 0.6 is 0 Å². The van der Waals surface area contributed by atoms with Crippen LogP contribution in [0, 0.1) is 13.8 Å². The summed E-state index contributed by atoms with van der Waals surface area (Å²) in [5.41, 5.74) is 2.65. The number of benzene rings is 3. The highest BCUT2D eigenvalue weighted by Crippen LogP contribution is 2.52. The Balaban J connectivity index is 1.73. The highest BCUT2D eigenvalue weighted by molar-refractivity contribution is 6.17. The van der Waals surface area contributed by atoms with Crippen molar-refractivity contribution in [2.45, 2.75) is 32.9 Å². The van der Waals surface area contributed by atoms with Gasteiger partial charge in [0, 0.05) is 18.7 Å². The Morgan fingerprint density at radius 3 is 2.31 bits per heavy atom. The zero-order chi connectivity index (χ0) is 24.5. The molecule has 0 fully saturated rings. The normalized spacial score (nSPS) is 18.6. The largest absolute Gasteiger partial charge is 0.450 e. The van der Waals surface area contributed by atoms with Crippen molar-refractivity contribution in [3.8, 4) is 0 Å². The third-order valence-electron chi connectivity index (χ3n) is 7.35. The molecule has 0 N–H and O–H groups in total. The van der Waals surface area contributed by atoms with Crippen molar-refractivity contribution in [2.75, 3.05) is 11.4 Å². The molecule has 1 spiro atoms. The smallest absolute Gasteiger partial charge is 0.291 e. The summed E-state index contributed by atoms with van der Waals surface area (Å²) in [4.78, 5) is 45.6. The van der Waals surface area contributed by atoms with E-state index in [0.29, 0.717) is 28.8 Å². The van der Waals surface area contributed by atoms with E-state index in [1.807, 2.05) is 75.4 Å². The predicted octanol–water partition coefficient (Wildman–Crippen LogP) is 4.68. The molecule has 3 heterocycles. The van der Waals surface area contributed by atoms with E-state index in [1.165, 1.54) is 4.90 Å². The lowest BCUT2D eigenvalue weighted by atomic mass is 9.83. The van der Waals surface area contributed by atoms with E-state index in [0.717, 1.165) is 16.7 Å². The highest BCUT2D eigenvalue weighted by atomic mass is 16.3.